The van der Waals surface area contributed by atoms with Gasteiger partial charge in [0.1, 0.15) is 6.04 Å². The van der Waals surface area contributed by atoms with Crippen molar-refractivity contribution in [3.63, 3.8) is 0 Å². The molecule has 18 heteroatoms. The fraction of sp³-hybridized carbons (Fsp3) is 0.525. The molecule has 318 valence electrons. The second-order valence-corrected chi connectivity index (χ2v) is 14.4. The Bertz CT molecular complexity index is 1630. The smallest absolute Gasteiger partial charge is 0.326 e. The van der Waals surface area contributed by atoms with Crippen LogP contribution in [0.1, 0.15) is 53.6 Å². The van der Waals surface area contributed by atoms with Gasteiger partial charge < -0.3 is 36.8 Å². The number of carbonyl (C=O) groups is 7. The highest BCUT2D eigenvalue weighted by molar-refractivity contribution is 5.98. The van der Waals surface area contributed by atoms with E-state index in [1.165, 1.54) is 0 Å². The minimum Gasteiger partial charge on any atom is -0.480 e. The molecular weight excluding hydrogens is 754 g/mol. The van der Waals surface area contributed by atoms with Crippen LogP contribution in [0.4, 0.5) is 0 Å². The average molecular weight is 812 g/mol. The van der Waals surface area contributed by atoms with Crippen LogP contribution in [-0.4, -0.2) is 172 Å². The molecule has 58 heavy (non-hydrogen) atoms. The number of amides is 2. The third kappa shape index (κ3) is 18.3. The van der Waals surface area contributed by atoms with Crippen LogP contribution in [0, 0.1) is 0 Å². The van der Waals surface area contributed by atoms with E-state index in [-0.39, 0.29) is 50.9 Å². The van der Waals surface area contributed by atoms with Crippen LogP contribution < -0.4 is 16.4 Å². The number of unbranched alkanes of at least 4 members (excludes halogenated alkanes) is 1. The number of aliphatic carboxylic acids is 4. The number of nitrogens with two attached hydrogens (primary N) is 1. The minimum atomic E-state index is -1.17. The number of nitrogens with zero attached hydrogens (tertiary/aromatic N) is 4. The lowest BCUT2D eigenvalue weighted by molar-refractivity contribution is -0.142. The Kier molecular flexibility index (Phi) is 20.4. The number of benzene rings is 2. The van der Waals surface area contributed by atoms with Gasteiger partial charge in [-0.25, -0.2) is 4.79 Å². The maximum Gasteiger partial charge on any atom is 0.326 e. The van der Waals surface area contributed by atoms with Crippen LogP contribution in [0.2, 0.25) is 0 Å². The van der Waals surface area contributed by atoms with Crippen molar-refractivity contribution in [1.82, 2.24) is 30.2 Å². The topological polar surface area (TPSA) is 263 Å². The lowest BCUT2D eigenvalue weighted by atomic mass is 9.98. The van der Waals surface area contributed by atoms with Gasteiger partial charge in [-0.1, -0.05) is 42.5 Å². The van der Waals surface area contributed by atoms with E-state index in [0.29, 0.717) is 78.3 Å². The van der Waals surface area contributed by atoms with E-state index in [2.05, 4.69) is 15.5 Å². The molecule has 1 fully saturated rings. The first kappa shape index (κ1) is 47.1. The van der Waals surface area contributed by atoms with Crippen LogP contribution in [-0.2, 0) is 41.7 Å². The quantitative estimate of drug-likeness (QED) is 0.0775. The zero-order valence-electron chi connectivity index (χ0n) is 32.8. The average Bonchev–Trinajstić information content (AvgIpc) is 3.17. The van der Waals surface area contributed by atoms with Crippen molar-refractivity contribution in [2.45, 2.75) is 57.2 Å². The van der Waals surface area contributed by atoms with Gasteiger partial charge in [-0.3, -0.25) is 48.4 Å². The number of rotatable bonds is 22. The molecule has 1 saturated heterocycles. The zero-order valence-corrected chi connectivity index (χ0v) is 32.8. The van der Waals surface area contributed by atoms with E-state index in [9.17, 15) is 54.0 Å². The molecule has 2 aromatic carbocycles. The van der Waals surface area contributed by atoms with Crippen LogP contribution in [0.5, 0.6) is 0 Å². The monoisotopic (exact) mass is 811 g/mol. The Morgan fingerprint density at radius 3 is 1.55 bits per heavy atom. The summed E-state index contributed by atoms with van der Waals surface area (Å²) in [5.41, 5.74) is 7.40. The molecule has 1 aliphatic heterocycles. The first-order chi connectivity index (χ1) is 27.7. The fourth-order valence-corrected chi connectivity index (χ4v) is 6.57. The van der Waals surface area contributed by atoms with Crippen LogP contribution in [0.15, 0.2) is 54.6 Å². The van der Waals surface area contributed by atoms with Crippen molar-refractivity contribution in [1.29, 1.82) is 0 Å². The molecule has 0 radical (unpaired) electrons. The van der Waals surface area contributed by atoms with Crippen molar-refractivity contribution in [2.24, 2.45) is 5.73 Å². The summed E-state index contributed by atoms with van der Waals surface area (Å²) in [6.07, 6.45) is 1.05. The molecule has 2 unspecified atom stereocenters. The van der Waals surface area contributed by atoms with E-state index >= 15 is 0 Å². The van der Waals surface area contributed by atoms with Crippen LogP contribution in [0.25, 0.3) is 0 Å². The van der Waals surface area contributed by atoms with Gasteiger partial charge >= 0.3 is 23.9 Å². The van der Waals surface area contributed by atoms with E-state index in [0.717, 1.165) is 11.1 Å². The summed E-state index contributed by atoms with van der Waals surface area (Å²) in [6, 6.07) is 13.8. The third-order valence-corrected chi connectivity index (χ3v) is 9.78. The highest BCUT2D eigenvalue weighted by atomic mass is 16.4. The number of hydrogen-bond donors (Lipinski definition) is 7. The van der Waals surface area contributed by atoms with Gasteiger partial charge in [0.05, 0.1) is 25.7 Å². The molecule has 2 atom stereocenters. The molecule has 0 spiro atoms. The zero-order chi connectivity index (χ0) is 42.5. The van der Waals surface area contributed by atoms with Crippen molar-refractivity contribution in [2.75, 3.05) is 78.5 Å². The van der Waals surface area contributed by atoms with E-state index in [1.54, 1.807) is 39.0 Å². The molecule has 8 N–H and O–H groups in total. The number of carbonyl (C=O) groups excluding carboxylic acids is 3. The second kappa shape index (κ2) is 25.2. The predicted octanol–water partition coefficient (Wildman–Crippen LogP) is 0.0508. The Morgan fingerprint density at radius 2 is 1.09 bits per heavy atom. The van der Waals surface area contributed by atoms with Gasteiger partial charge in [-0.15, -0.1) is 0 Å². The first-order valence-corrected chi connectivity index (χ1v) is 19.5. The molecule has 1 aliphatic rings. The minimum absolute atomic E-state index is 0.173. The van der Waals surface area contributed by atoms with Crippen molar-refractivity contribution < 1.29 is 54.0 Å². The van der Waals surface area contributed by atoms with Gasteiger partial charge in [-0.2, -0.15) is 0 Å². The molecule has 3 rings (SSSR count). The summed E-state index contributed by atoms with van der Waals surface area (Å²) < 4.78 is 0. The maximum atomic E-state index is 13.5. The molecule has 18 nitrogen and oxygen atoms in total. The van der Waals surface area contributed by atoms with Gasteiger partial charge in [0.25, 0.3) is 5.91 Å². The Balaban J connectivity index is 1.70. The van der Waals surface area contributed by atoms with E-state index in [1.807, 2.05) is 30.3 Å². The molecule has 0 aliphatic carbocycles. The van der Waals surface area contributed by atoms with Crippen molar-refractivity contribution >= 4 is 41.5 Å². The van der Waals surface area contributed by atoms with Gasteiger partial charge in [0.15, 0.2) is 5.78 Å². The number of carboxylic acids is 4. The first-order valence-electron chi connectivity index (χ1n) is 19.5. The molecule has 2 aromatic rings. The summed E-state index contributed by atoms with van der Waals surface area (Å²) in [4.78, 5) is 93.2. The number of nitrogens with one attached hydrogen (secondary N) is 2. The summed E-state index contributed by atoms with van der Waals surface area (Å²) in [6.45, 7) is 2.87. The predicted molar refractivity (Wildman–Crippen MR) is 212 cm³/mol. The lowest BCUT2D eigenvalue weighted by Gasteiger charge is -2.33. The number of carboxylic acid groups (broad SMARTS) is 4. The fourth-order valence-electron chi connectivity index (χ4n) is 6.57. The molecule has 0 bridgehead atoms. The summed E-state index contributed by atoms with van der Waals surface area (Å²) in [7, 11) is 0. The molecule has 0 saturated carbocycles. The van der Waals surface area contributed by atoms with Gasteiger partial charge in [-0.05, 0) is 55.5 Å². The van der Waals surface area contributed by atoms with E-state index in [4.69, 9.17) is 5.73 Å². The molecule has 0 aromatic heterocycles. The lowest BCUT2D eigenvalue weighted by Crippen LogP contribution is -2.48. The largest absolute Gasteiger partial charge is 0.480 e. The van der Waals surface area contributed by atoms with Crippen LogP contribution >= 0.6 is 0 Å². The highest BCUT2D eigenvalue weighted by Crippen LogP contribution is 2.13. The molecule has 1 heterocycles. The second-order valence-electron chi connectivity index (χ2n) is 14.4. The number of Topliss-reactive ketones (excluding diaryl/α,β-unsaturated/α-hetero) is 1. The summed E-state index contributed by atoms with van der Waals surface area (Å²) in [5, 5.41) is 43.2. The maximum absolute atomic E-state index is 13.5. The van der Waals surface area contributed by atoms with Crippen molar-refractivity contribution in [3.05, 3.63) is 71.3 Å². The Morgan fingerprint density at radius 1 is 0.586 bits per heavy atom. The number of ketones is 1. The standard InChI is InChI=1S/C40H57N7O11/c41-15-5-4-8-32(40(57)58)42-35(49)14-13-34(48)33(24-29-6-2-1-3-7-29)43-39(56)31-11-9-30(10-12-31)25-44-16-18-45(26-36(50)51)20-22-47(28-38(54)55)23-21-46(19-17-44)27-37(52)53/h1-3,6-7,9-12,32-33H,4-5,8,13-28,41H2,(H,42,49)(H,43,56)(H,50,51)(H,52,53)(H,54,55)(H,57,58). The summed E-state index contributed by atoms with van der Waals surface area (Å²) in [5.74, 6) is -5.71. The molecular formula is C40H57N7O11. The molecule has 2 amide bonds. The highest BCUT2D eigenvalue weighted by Gasteiger charge is 2.25. The Labute approximate surface area is 337 Å². The Hall–Kier alpha value is -5.27. The van der Waals surface area contributed by atoms with Crippen LogP contribution in [0.3, 0.4) is 0 Å². The normalized spacial score (nSPS) is 16.2. The summed E-state index contributed by atoms with van der Waals surface area (Å²) >= 11 is 0. The SMILES string of the molecule is NCCCCC(NC(=O)CCC(=O)C(Cc1ccccc1)NC(=O)c1ccc(CN2CCN(CC(=O)O)CCN(CC(=O)O)CCN(CC(=O)O)CC2)cc1)C(=O)O. The van der Waals surface area contributed by atoms with Gasteiger partial charge in [0, 0.05) is 77.3 Å². The number of hydrogen-bond acceptors (Lipinski definition) is 12. The van der Waals surface area contributed by atoms with E-state index < -0.39 is 53.6 Å². The third-order valence-electron chi connectivity index (χ3n) is 9.78. The van der Waals surface area contributed by atoms with Crippen molar-refractivity contribution in [3.8, 4) is 0 Å². The van der Waals surface area contributed by atoms with Gasteiger partial charge in [0.2, 0.25) is 5.91 Å².